The number of hydrogen-bond donors (Lipinski definition) is 1. The van der Waals surface area contributed by atoms with Gasteiger partial charge in [0.1, 0.15) is 6.54 Å². The van der Waals surface area contributed by atoms with Crippen molar-refractivity contribution in [2.75, 3.05) is 30.3 Å². The molecule has 2 heterocycles. The van der Waals surface area contributed by atoms with Crippen molar-refractivity contribution in [2.45, 2.75) is 47.9 Å². The van der Waals surface area contributed by atoms with E-state index in [-0.39, 0.29) is 35.0 Å². The minimum Gasteiger partial charge on any atom is -0.348 e. The molecule has 0 radical (unpaired) electrons. The first kappa shape index (κ1) is 22.4. The standard InChI is InChI=1S/C24H27N3O4S2/c28-23(25-20-9-5-7-17-6-1-2-8-19(17)20)15-27-21-14-18(10-11-22(21)32-16-24(27)29)33(30,31)26-12-3-4-13-26/h1-2,6,8,10-11,14,20H,3-5,7,9,12-13,15-16H2,(H,25,28)/t20-/m0/s1. The van der Waals surface area contributed by atoms with Crippen LogP contribution >= 0.6 is 11.8 Å². The van der Waals surface area contributed by atoms with Gasteiger partial charge < -0.3 is 10.2 Å². The number of hydrogen-bond acceptors (Lipinski definition) is 5. The van der Waals surface area contributed by atoms with Crippen molar-refractivity contribution in [3.63, 3.8) is 0 Å². The maximum Gasteiger partial charge on any atom is 0.243 e. The smallest absolute Gasteiger partial charge is 0.243 e. The van der Waals surface area contributed by atoms with Crippen molar-refractivity contribution >= 4 is 39.3 Å². The topological polar surface area (TPSA) is 86.8 Å². The molecule has 1 saturated heterocycles. The number of anilines is 1. The Balaban J connectivity index is 1.37. The van der Waals surface area contributed by atoms with Crippen LogP contribution in [0.4, 0.5) is 5.69 Å². The third-order valence-electron chi connectivity index (χ3n) is 6.58. The van der Waals surface area contributed by atoms with E-state index in [1.165, 1.54) is 26.5 Å². The van der Waals surface area contributed by atoms with Gasteiger partial charge >= 0.3 is 0 Å². The normalized spacial score (nSPS) is 20.9. The average molecular weight is 486 g/mol. The van der Waals surface area contributed by atoms with Crippen LogP contribution in [0.2, 0.25) is 0 Å². The first-order chi connectivity index (χ1) is 15.9. The number of fused-ring (bicyclic) bond motifs is 2. The summed E-state index contributed by atoms with van der Waals surface area (Å²) < 4.78 is 27.6. The molecule has 0 spiro atoms. The molecule has 7 nitrogen and oxygen atoms in total. The molecule has 0 saturated carbocycles. The zero-order valence-electron chi connectivity index (χ0n) is 18.3. The fraction of sp³-hybridized carbons (Fsp3) is 0.417. The van der Waals surface area contributed by atoms with Crippen LogP contribution in [0.25, 0.3) is 0 Å². The second-order valence-corrected chi connectivity index (χ2v) is 11.7. The molecule has 174 valence electrons. The van der Waals surface area contributed by atoms with E-state index in [4.69, 9.17) is 0 Å². The lowest BCUT2D eigenvalue weighted by molar-refractivity contribution is -0.123. The van der Waals surface area contributed by atoms with E-state index in [9.17, 15) is 18.0 Å². The third kappa shape index (κ3) is 4.41. The van der Waals surface area contributed by atoms with E-state index in [2.05, 4.69) is 11.4 Å². The Bertz CT molecular complexity index is 1190. The van der Waals surface area contributed by atoms with Gasteiger partial charge in [-0.25, -0.2) is 8.42 Å². The molecule has 1 fully saturated rings. The minimum absolute atomic E-state index is 0.0712. The number of amides is 2. The molecule has 33 heavy (non-hydrogen) atoms. The van der Waals surface area contributed by atoms with Crippen LogP contribution in [-0.2, 0) is 26.0 Å². The van der Waals surface area contributed by atoms with Crippen LogP contribution in [0.15, 0.2) is 52.3 Å². The van der Waals surface area contributed by atoms with Gasteiger partial charge in [-0.3, -0.25) is 9.59 Å². The predicted molar refractivity (Wildman–Crippen MR) is 128 cm³/mol. The molecular weight excluding hydrogens is 458 g/mol. The summed E-state index contributed by atoms with van der Waals surface area (Å²) in [5.74, 6) is -0.205. The highest BCUT2D eigenvalue weighted by Gasteiger charge is 2.32. The second kappa shape index (κ2) is 9.12. The highest BCUT2D eigenvalue weighted by molar-refractivity contribution is 8.00. The maximum absolute atomic E-state index is 13.0. The van der Waals surface area contributed by atoms with Gasteiger partial charge in [-0.1, -0.05) is 24.3 Å². The van der Waals surface area contributed by atoms with Gasteiger partial charge in [0.15, 0.2) is 0 Å². The number of nitrogens with one attached hydrogen (secondary N) is 1. The SMILES string of the molecule is O=C(CN1C(=O)CSc2ccc(S(=O)(=O)N3CCCC3)cc21)N[C@H]1CCCc2ccccc21. The number of nitrogens with zero attached hydrogens (tertiary/aromatic N) is 2. The molecule has 9 heteroatoms. The summed E-state index contributed by atoms with van der Waals surface area (Å²) >= 11 is 1.37. The highest BCUT2D eigenvalue weighted by Crippen LogP contribution is 2.38. The van der Waals surface area contributed by atoms with Crippen LogP contribution in [0.1, 0.15) is 42.9 Å². The minimum atomic E-state index is -3.61. The molecule has 0 bridgehead atoms. The summed E-state index contributed by atoms with van der Waals surface area (Å²) in [5.41, 5.74) is 2.88. The molecular formula is C24H27N3O4S2. The quantitative estimate of drug-likeness (QED) is 0.703. The van der Waals surface area contributed by atoms with Crippen molar-refractivity contribution in [1.82, 2.24) is 9.62 Å². The van der Waals surface area contributed by atoms with Crippen molar-refractivity contribution in [2.24, 2.45) is 0 Å². The van der Waals surface area contributed by atoms with Crippen molar-refractivity contribution in [1.29, 1.82) is 0 Å². The van der Waals surface area contributed by atoms with Gasteiger partial charge in [0, 0.05) is 18.0 Å². The lowest BCUT2D eigenvalue weighted by atomic mass is 9.88. The van der Waals surface area contributed by atoms with Gasteiger partial charge in [-0.2, -0.15) is 4.31 Å². The van der Waals surface area contributed by atoms with Crippen LogP contribution in [0.3, 0.4) is 0 Å². The third-order valence-corrected chi connectivity index (χ3v) is 9.52. The van der Waals surface area contributed by atoms with Crippen LogP contribution in [-0.4, -0.2) is 49.9 Å². The first-order valence-corrected chi connectivity index (χ1v) is 13.8. The molecule has 2 aliphatic heterocycles. The van der Waals surface area contributed by atoms with Crippen LogP contribution < -0.4 is 10.2 Å². The zero-order chi connectivity index (χ0) is 23.0. The Hall–Kier alpha value is -2.36. The number of sulfonamides is 1. The molecule has 2 aromatic rings. The van der Waals surface area contributed by atoms with E-state index in [1.54, 1.807) is 18.2 Å². The van der Waals surface area contributed by atoms with Gasteiger partial charge in [-0.15, -0.1) is 11.8 Å². The Morgan fingerprint density at radius 1 is 1.09 bits per heavy atom. The van der Waals surface area contributed by atoms with Crippen molar-refractivity contribution in [3.8, 4) is 0 Å². The predicted octanol–water partition coefficient (Wildman–Crippen LogP) is 3.10. The molecule has 2 aromatic carbocycles. The fourth-order valence-corrected chi connectivity index (χ4v) is 7.33. The number of aryl methyl sites for hydroxylation is 1. The first-order valence-electron chi connectivity index (χ1n) is 11.4. The molecule has 0 aromatic heterocycles. The molecule has 5 rings (SSSR count). The molecule has 0 unspecified atom stereocenters. The second-order valence-electron chi connectivity index (χ2n) is 8.72. The number of benzene rings is 2. The Morgan fingerprint density at radius 2 is 1.88 bits per heavy atom. The van der Waals surface area contributed by atoms with E-state index < -0.39 is 10.0 Å². The Labute approximate surface area is 198 Å². The van der Waals surface area contributed by atoms with E-state index in [1.807, 2.05) is 18.2 Å². The van der Waals surface area contributed by atoms with E-state index in [0.717, 1.165) is 42.6 Å². The van der Waals surface area contributed by atoms with Gasteiger partial charge in [0.25, 0.3) is 0 Å². The fourth-order valence-electron chi connectivity index (χ4n) is 4.88. The summed E-state index contributed by atoms with van der Waals surface area (Å²) in [5, 5.41) is 3.10. The number of carbonyl (C=O) groups excluding carboxylic acids is 2. The summed E-state index contributed by atoms with van der Waals surface area (Å²) in [6.45, 7) is 0.905. The number of thioether (sulfide) groups is 1. The van der Waals surface area contributed by atoms with Gasteiger partial charge in [0.2, 0.25) is 21.8 Å². The van der Waals surface area contributed by atoms with Crippen molar-refractivity contribution in [3.05, 3.63) is 53.6 Å². The van der Waals surface area contributed by atoms with Crippen LogP contribution in [0, 0.1) is 0 Å². The summed E-state index contributed by atoms with van der Waals surface area (Å²) in [7, 11) is -3.61. The highest BCUT2D eigenvalue weighted by atomic mass is 32.2. The number of carbonyl (C=O) groups is 2. The molecule has 1 atom stereocenters. The molecule has 1 aliphatic carbocycles. The lowest BCUT2D eigenvalue weighted by Crippen LogP contribution is -2.44. The Morgan fingerprint density at radius 3 is 2.70 bits per heavy atom. The summed E-state index contributed by atoms with van der Waals surface area (Å²) in [6.07, 6.45) is 4.58. The Kier molecular flexibility index (Phi) is 6.20. The summed E-state index contributed by atoms with van der Waals surface area (Å²) in [4.78, 5) is 28.2. The van der Waals surface area contributed by atoms with E-state index >= 15 is 0 Å². The summed E-state index contributed by atoms with van der Waals surface area (Å²) in [6, 6.07) is 13.0. The molecule has 1 N–H and O–H groups in total. The lowest BCUT2D eigenvalue weighted by Gasteiger charge is -2.31. The van der Waals surface area contributed by atoms with Crippen LogP contribution in [0.5, 0.6) is 0 Å². The monoisotopic (exact) mass is 485 g/mol. The average Bonchev–Trinajstić information content (AvgIpc) is 3.37. The molecule has 3 aliphatic rings. The largest absolute Gasteiger partial charge is 0.348 e. The zero-order valence-corrected chi connectivity index (χ0v) is 20.0. The van der Waals surface area contributed by atoms with Crippen molar-refractivity contribution < 1.29 is 18.0 Å². The maximum atomic E-state index is 13.0. The molecule has 2 amide bonds. The van der Waals surface area contributed by atoms with Gasteiger partial charge in [0.05, 0.1) is 22.4 Å². The number of rotatable bonds is 5. The van der Waals surface area contributed by atoms with Gasteiger partial charge in [-0.05, 0) is 61.4 Å². The van der Waals surface area contributed by atoms with E-state index in [0.29, 0.717) is 18.8 Å².